The van der Waals surface area contributed by atoms with Crippen LogP contribution in [0.5, 0.6) is 0 Å². The van der Waals surface area contributed by atoms with Crippen LogP contribution in [0.15, 0.2) is 0 Å². The van der Waals surface area contributed by atoms with Crippen molar-refractivity contribution < 1.29 is 39.8 Å². The molecule has 7 unspecified atom stereocenters. The van der Waals surface area contributed by atoms with Crippen molar-refractivity contribution in [3.05, 3.63) is 0 Å². The van der Waals surface area contributed by atoms with Gasteiger partial charge in [-0.05, 0) is 12.8 Å². The van der Waals surface area contributed by atoms with Crippen LogP contribution in [0.25, 0.3) is 0 Å². The minimum atomic E-state index is -1.54. The third-order valence-corrected chi connectivity index (χ3v) is 8.71. The Kier molecular flexibility index (Phi) is 24.7. The first-order valence-corrected chi connectivity index (χ1v) is 17.7. The molecular formula is C34H67NO8. The molecule has 7 atom stereocenters. The summed E-state index contributed by atoms with van der Waals surface area (Å²) in [5, 5.41) is 53.6. The zero-order valence-corrected chi connectivity index (χ0v) is 27.5. The second kappa shape index (κ2) is 26.4. The SMILES string of the molecule is CCCCCCCCCCCCCCCCC(=O)NC(COC1OC(CO)C(O)C(O)C1O)C(O)CCCCCCCC. The Hall–Kier alpha value is -0.810. The number of carbonyl (C=O) groups excluding carboxylic acids is 1. The Bertz CT molecular complexity index is 652. The monoisotopic (exact) mass is 617 g/mol. The van der Waals surface area contributed by atoms with Crippen LogP contribution in [0, 0.1) is 0 Å². The van der Waals surface area contributed by atoms with E-state index in [4.69, 9.17) is 9.47 Å². The van der Waals surface area contributed by atoms with Gasteiger partial charge in [0.15, 0.2) is 6.29 Å². The Balaban J connectivity index is 2.38. The number of hydrogen-bond acceptors (Lipinski definition) is 8. The molecule has 1 heterocycles. The molecule has 9 nitrogen and oxygen atoms in total. The fourth-order valence-electron chi connectivity index (χ4n) is 5.75. The fourth-order valence-corrected chi connectivity index (χ4v) is 5.75. The summed E-state index contributed by atoms with van der Waals surface area (Å²) in [6.07, 6.45) is 17.1. The summed E-state index contributed by atoms with van der Waals surface area (Å²) in [5.74, 6) is -0.150. The third-order valence-electron chi connectivity index (χ3n) is 8.71. The molecule has 0 saturated carbocycles. The number of hydrogen-bond donors (Lipinski definition) is 6. The van der Waals surface area contributed by atoms with Gasteiger partial charge in [0.1, 0.15) is 24.4 Å². The van der Waals surface area contributed by atoms with E-state index >= 15 is 0 Å². The van der Waals surface area contributed by atoms with E-state index in [0.717, 1.165) is 38.5 Å². The van der Waals surface area contributed by atoms with Gasteiger partial charge in [0.2, 0.25) is 5.91 Å². The lowest BCUT2D eigenvalue weighted by molar-refractivity contribution is -0.302. The second-order valence-electron chi connectivity index (χ2n) is 12.7. The van der Waals surface area contributed by atoms with Gasteiger partial charge in [-0.1, -0.05) is 136 Å². The predicted molar refractivity (Wildman–Crippen MR) is 171 cm³/mol. The molecule has 0 aromatic heterocycles. The van der Waals surface area contributed by atoms with E-state index in [-0.39, 0.29) is 12.5 Å². The molecule has 1 rings (SSSR count). The Labute approximate surface area is 262 Å². The molecule has 1 saturated heterocycles. The summed E-state index contributed by atoms with van der Waals surface area (Å²) in [6, 6.07) is -0.706. The highest BCUT2D eigenvalue weighted by molar-refractivity contribution is 5.76. The quantitative estimate of drug-likeness (QED) is 0.0651. The van der Waals surface area contributed by atoms with Crippen molar-refractivity contribution >= 4 is 5.91 Å². The Morgan fingerprint density at radius 3 is 1.65 bits per heavy atom. The molecule has 1 amide bonds. The number of amides is 1. The predicted octanol–water partition coefficient (Wildman–Crippen LogP) is 5.27. The number of aliphatic hydroxyl groups excluding tert-OH is 5. The van der Waals surface area contributed by atoms with Gasteiger partial charge in [0.25, 0.3) is 0 Å². The Morgan fingerprint density at radius 1 is 0.698 bits per heavy atom. The molecule has 43 heavy (non-hydrogen) atoms. The number of carbonyl (C=O) groups is 1. The highest BCUT2D eigenvalue weighted by Gasteiger charge is 2.44. The highest BCUT2D eigenvalue weighted by atomic mass is 16.7. The summed E-state index contributed by atoms with van der Waals surface area (Å²) >= 11 is 0. The van der Waals surface area contributed by atoms with Gasteiger partial charge in [0, 0.05) is 6.42 Å². The van der Waals surface area contributed by atoms with Crippen molar-refractivity contribution in [2.45, 2.75) is 198 Å². The molecular weight excluding hydrogens is 550 g/mol. The van der Waals surface area contributed by atoms with Crippen LogP contribution in [0.3, 0.4) is 0 Å². The zero-order valence-electron chi connectivity index (χ0n) is 27.5. The second-order valence-corrected chi connectivity index (χ2v) is 12.7. The number of ether oxygens (including phenoxy) is 2. The van der Waals surface area contributed by atoms with Crippen molar-refractivity contribution in [1.29, 1.82) is 0 Å². The maximum Gasteiger partial charge on any atom is 0.220 e. The van der Waals surface area contributed by atoms with E-state index in [1.807, 2.05) is 0 Å². The van der Waals surface area contributed by atoms with Crippen LogP contribution in [-0.2, 0) is 14.3 Å². The zero-order chi connectivity index (χ0) is 31.7. The van der Waals surface area contributed by atoms with E-state index in [9.17, 15) is 30.3 Å². The minimum Gasteiger partial charge on any atom is -0.394 e. The van der Waals surface area contributed by atoms with Crippen molar-refractivity contribution in [2.75, 3.05) is 13.2 Å². The molecule has 0 bridgehead atoms. The maximum absolute atomic E-state index is 12.8. The molecule has 0 radical (unpaired) electrons. The van der Waals surface area contributed by atoms with Crippen molar-refractivity contribution in [2.24, 2.45) is 0 Å². The molecule has 1 fully saturated rings. The average Bonchev–Trinajstić information content (AvgIpc) is 3.00. The molecule has 1 aliphatic heterocycles. The average molecular weight is 618 g/mol. The largest absolute Gasteiger partial charge is 0.394 e. The normalized spacial score (nSPS) is 23.7. The van der Waals surface area contributed by atoms with E-state index in [1.165, 1.54) is 89.9 Å². The first-order valence-electron chi connectivity index (χ1n) is 17.7. The molecule has 0 aromatic rings. The lowest BCUT2D eigenvalue weighted by Gasteiger charge is -2.40. The van der Waals surface area contributed by atoms with Crippen LogP contribution in [0.1, 0.15) is 155 Å². The summed E-state index contributed by atoms with van der Waals surface area (Å²) in [7, 11) is 0. The highest BCUT2D eigenvalue weighted by Crippen LogP contribution is 2.23. The minimum absolute atomic E-state index is 0.135. The Morgan fingerprint density at radius 2 is 1.16 bits per heavy atom. The summed E-state index contributed by atoms with van der Waals surface area (Å²) in [4.78, 5) is 12.8. The lowest BCUT2D eigenvalue weighted by Crippen LogP contribution is -2.60. The first kappa shape index (κ1) is 40.2. The van der Waals surface area contributed by atoms with Gasteiger partial charge in [-0.15, -0.1) is 0 Å². The van der Waals surface area contributed by atoms with Gasteiger partial charge in [0.05, 0.1) is 25.4 Å². The smallest absolute Gasteiger partial charge is 0.220 e. The van der Waals surface area contributed by atoms with Crippen LogP contribution in [0.4, 0.5) is 0 Å². The van der Waals surface area contributed by atoms with Crippen LogP contribution >= 0.6 is 0 Å². The van der Waals surface area contributed by atoms with Crippen molar-refractivity contribution in [3.63, 3.8) is 0 Å². The molecule has 0 aliphatic carbocycles. The van der Waals surface area contributed by atoms with Crippen molar-refractivity contribution in [1.82, 2.24) is 5.32 Å². The van der Waals surface area contributed by atoms with Crippen LogP contribution < -0.4 is 5.32 Å². The van der Waals surface area contributed by atoms with Crippen LogP contribution in [0.2, 0.25) is 0 Å². The molecule has 9 heteroatoms. The standard InChI is InChI=1S/C34H67NO8/c1-3-5-7-9-11-12-13-14-15-16-17-18-20-22-24-30(38)35-27(28(37)23-21-19-10-8-6-4-2)26-42-34-33(41)32(40)31(39)29(25-36)43-34/h27-29,31-34,36-37,39-41H,3-26H2,1-2H3,(H,35,38). The number of aliphatic hydroxyl groups is 5. The van der Waals surface area contributed by atoms with E-state index < -0.39 is 49.5 Å². The van der Waals surface area contributed by atoms with E-state index in [1.54, 1.807) is 0 Å². The number of unbranched alkanes of at least 4 members (excludes halogenated alkanes) is 18. The fraction of sp³-hybridized carbons (Fsp3) is 0.971. The van der Waals surface area contributed by atoms with Gasteiger partial charge < -0.3 is 40.3 Å². The van der Waals surface area contributed by atoms with Gasteiger partial charge >= 0.3 is 0 Å². The molecule has 0 aromatic carbocycles. The molecule has 6 N–H and O–H groups in total. The summed E-state index contributed by atoms with van der Waals surface area (Å²) in [6.45, 7) is 3.74. The summed E-state index contributed by atoms with van der Waals surface area (Å²) < 4.78 is 11.1. The van der Waals surface area contributed by atoms with Crippen LogP contribution in [-0.4, -0.2) is 87.5 Å². The number of nitrogens with one attached hydrogen (secondary N) is 1. The van der Waals surface area contributed by atoms with Gasteiger partial charge in [-0.25, -0.2) is 0 Å². The molecule has 1 aliphatic rings. The van der Waals surface area contributed by atoms with Crippen molar-refractivity contribution in [3.8, 4) is 0 Å². The topological polar surface area (TPSA) is 149 Å². The molecule has 0 spiro atoms. The molecule has 256 valence electrons. The third kappa shape index (κ3) is 18.7. The van der Waals surface area contributed by atoms with E-state index in [2.05, 4.69) is 19.2 Å². The van der Waals surface area contributed by atoms with Gasteiger partial charge in [-0.2, -0.15) is 0 Å². The maximum atomic E-state index is 12.8. The number of rotatable bonds is 28. The van der Waals surface area contributed by atoms with Gasteiger partial charge in [-0.3, -0.25) is 4.79 Å². The summed E-state index contributed by atoms with van der Waals surface area (Å²) in [5.41, 5.74) is 0. The lowest BCUT2D eigenvalue weighted by atomic mass is 9.99. The first-order chi connectivity index (χ1) is 20.8. The van der Waals surface area contributed by atoms with E-state index in [0.29, 0.717) is 12.8 Å².